The van der Waals surface area contributed by atoms with Crippen LogP contribution in [-0.2, 0) is 0 Å². The van der Waals surface area contributed by atoms with Crippen molar-refractivity contribution in [2.24, 2.45) is 0 Å². The monoisotopic (exact) mass is 295 g/mol. The average molecular weight is 295 g/mol. The molecule has 0 saturated carbocycles. The van der Waals surface area contributed by atoms with Crippen LogP contribution < -0.4 is 10.6 Å². The van der Waals surface area contributed by atoms with E-state index in [-0.39, 0.29) is 23.8 Å². The highest BCUT2D eigenvalue weighted by atomic mass is 32.1. The Kier molecular flexibility index (Phi) is 4.73. The zero-order chi connectivity index (χ0) is 14.5. The molecule has 1 aliphatic carbocycles. The Labute approximate surface area is 120 Å². The van der Waals surface area contributed by atoms with Gasteiger partial charge in [-0.1, -0.05) is 12.2 Å². The number of aromatic nitrogens is 1. The largest absolute Gasteiger partial charge is 0.476 e. The summed E-state index contributed by atoms with van der Waals surface area (Å²) in [7, 11) is 0. The fraction of sp³-hybridized carbons (Fsp3) is 0.462. The first-order valence-electron chi connectivity index (χ1n) is 6.47. The maximum absolute atomic E-state index is 11.8. The van der Waals surface area contributed by atoms with Crippen molar-refractivity contribution in [3.63, 3.8) is 0 Å². The number of amides is 2. The van der Waals surface area contributed by atoms with E-state index in [0.29, 0.717) is 5.01 Å². The normalized spacial score (nSPS) is 19.4. The maximum Gasteiger partial charge on any atom is 0.355 e. The Morgan fingerprint density at radius 3 is 2.90 bits per heavy atom. The zero-order valence-electron chi connectivity index (χ0n) is 11.1. The number of urea groups is 1. The first kappa shape index (κ1) is 14.5. The lowest BCUT2D eigenvalue weighted by atomic mass is 10.0. The van der Waals surface area contributed by atoms with Crippen molar-refractivity contribution in [1.29, 1.82) is 0 Å². The first-order chi connectivity index (χ1) is 9.56. The number of carboxylic acid groups (broad SMARTS) is 1. The Morgan fingerprint density at radius 2 is 2.30 bits per heavy atom. The molecule has 1 heterocycles. The molecule has 6 nitrogen and oxygen atoms in total. The highest BCUT2D eigenvalue weighted by molar-refractivity contribution is 7.09. The van der Waals surface area contributed by atoms with E-state index in [4.69, 9.17) is 5.11 Å². The van der Waals surface area contributed by atoms with Gasteiger partial charge in [0.2, 0.25) is 0 Å². The third-order valence-electron chi connectivity index (χ3n) is 3.06. The summed E-state index contributed by atoms with van der Waals surface area (Å²) in [5.41, 5.74) is 0.0106. The highest BCUT2D eigenvalue weighted by Gasteiger charge is 2.18. The molecule has 3 N–H and O–H groups in total. The molecular weight excluding hydrogens is 278 g/mol. The number of allylic oxidation sites excluding steroid dienone is 1. The van der Waals surface area contributed by atoms with Gasteiger partial charge in [-0.3, -0.25) is 0 Å². The second-order valence-electron chi connectivity index (χ2n) is 4.70. The molecule has 0 aliphatic heterocycles. The van der Waals surface area contributed by atoms with Crippen LogP contribution in [0.1, 0.15) is 47.7 Å². The fourth-order valence-electron chi connectivity index (χ4n) is 1.99. The smallest absolute Gasteiger partial charge is 0.355 e. The predicted octanol–water partition coefficient (Wildman–Crippen LogP) is 2.31. The molecule has 0 bridgehead atoms. The Morgan fingerprint density at radius 1 is 1.50 bits per heavy atom. The number of hydrogen-bond acceptors (Lipinski definition) is 4. The van der Waals surface area contributed by atoms with Crippen LogP contribution in [-0.4, -0.2) is 28.1 Å². The van der Waals surface area contributed by atoms with E-state index in [0.717, 1.165) is 19.3 Å². The van der Waals surface area contributed by atoms with Gasteiger partial charge in [0.15, 0.2) is 5.69 Å². The van der Waals surface area contributed by atoms with Crippen LogP contribution in [0.3, 0.4) is 0 Å². The number of aromatic carboxylic acids is 1. The summed E-state index contributed by atoms with van der Waals surface area (Å²) in [5.74, 6) is -1.06. The summed E-state index contributed by atoms with van der Waals surface area (Å²) >= 11 is 1.23. The van der Waals surface area contributed by atoms with Crippen molar-refractivity contribution in [2.75, 3.05) is 0 Å². The lowest BCUT2D eigenvalue weighted by Crippen LogP contribution is -2.43. The molecule has 20 heavy (non-hydrogen) atoms. The van der Waals surface area contributed by atoms with Crippen molar-refractivity contribution in [1.82, 2.24) is 15.6 Å². The van der Waals surface area contributed by atoms with Gasteiger partial charge in [0.05, 0.1) is 6.04 Å². The lowest BCUT2D eigenvalue weighted by Gasteiger charge is -2.21. The van der Waals surface area contributed by atoms with Crippen LogP contribution in [0.15, 0.2) is 17.5 Å². The second-order valence-corrected chi connectivity index (χ2v) is 5.59. The standard InChI is InChI=1S/C13H17N3O3S/c1-8(11-16-10(7-20-11)12(17)18)14-13(19)15-9-5-3-2-4-6-9/h2-3,7-9H,4-6H2,1H3,(H,17,18)(H2,14,15,19). The summed E-state index contributed by atoms with van der Waals surface area (Å²) in [6, 6.07) is -0.393. The summed E-state index contributed by atoms with van der Waals surface area (Å²) in [4.78, 5) is 26.6. The number of hydrogen-bond donors (Lipinski definition) is 3. The molecule has 2 rings (SSSR count). The van der Waals surface area contributed by atoms with Gasteiger partial charge in [-0.05, 0) is 26.2 Å². The van der Waals surface area contributed by atoms with Gasteiger partial charge in [0.25, 0.3) is 0 Å². The molecule has 2 unspecified atom stereocenters. The van der Waals surface area contributed by atoms with Crippen LogP contribution in [0, 0.1) is 0 Å². The molecule has 2 amide bonds. The van der Waals surface area contributed by atoms with E-state index in [1.807, 2.05) is 0 Å². The fourth-order valence-corrected chi connectivity index (χ4v) is 2.79. The number of carboxylic acids is 1. The van der Waals surface area contributed by atoms with Gasteiger partial charge in [0, 0.05) is 11.4 Å². The van der Waals surface area contributed by atoms with E-state index in [9.17, 15) is 9.59 Å². The number of carbonyl (C=O) groups is 2. The summed E-state index contributed by atoms with van der Waals surface area (Å²) in [5, 5.41) is 16.6. The molecule has 1 aromatic rings. The summed E-state index contributed by atoms with van der Waals surface area (Å²) < 4.78 is 0. The van der Waals surface area contributed by atoms with Crippen LogP contribution in [0.2, 0.25) is 0 Å². The van der Waals surface area contributed by atoms with Crippen molar-refractivity contribution in [3.05, 3.63) is 28.2 Å². The number of thiazole rings is 1. The van der Waals surface area contributed by atoms with Crippen molar-refractivity contribution < 1.29 is 14.7 Å². The molecular formula is C13H17N3O3S. The van der Waals surface area contributed by atoms with E-state index < -0.39 is 5.97 Å². The third-order valence-corrected chi connectivity index (χ3v) is 4.09. The molecule has 0 saturated heterocycles. The highest BCUT2D eigenvalue weighted by Crippen LogP contribution is 2.18. The minimum atomic E-state index is -1.06. The number of nitrogens with one attached hydrogen (secondary N) is 2. The van der Waals surface area contributed by atoms with Gasteiger partial charge in [-0.15, -0.1) is 11.3 Å². The minimum absolute atomic E-state index is 0.0106. The van der Waals surface area contributed by atoms with Crippen molar-refractivity contribution in [3.8, 4) is 0 Å². The lowest BCUT2D eigenvalue weighted by molar-refractivity contribution is 0.0691. The topological polar surface area (TPSA) is 91.3 Å². The molecule has 0 fully saturated rings. The molecule has 1 aliphatic rings. The number of nitrogens with zero attached hydrogens (tertiary/aromatic N) is 1. The zero-order valence-corrected chi connectivity index (χ0v) is 11.9. The van der Waals surface area contributed by atoms with Crippen molar-refractivity contribution >= 4 is 23.3 Å². The van der Waals surface area contributed by atoms with Gasteiger partial charge < -0.3 is 15.7 Å². The number of rotatable bonds is 4. The average Bonchev–Trinajstić information content (AvgIpc) is 2.89. The summed E-state index contributed by atoms with van der Waals surface area (Å²) in [6.07, 6.45) is 6.95. The Balaban J connectivity index is 1.86. The van der Waals surface area contributed by atoms with E-state index in [1.165, 1.54) is 16.7 Å². The van der Waals surface area contributed by atoms with Gasteiger partial charge in [-0.2, -0.15) is 0 Å². The van der Waals surface area contributed by atoms with Crippen LogP contribution in [0.25, 0.3) is 0 Å². The predicted molar refractivity (Wildman–Crippen MR) is 75.9 cm³/mol. The van der Waals surface area contributed by atoms with Gasteiger partial charge in [0.1, 0.15) is 5.01 Å². The van der Waals surface area contributed by atoms with E-state index >= 15 is 0 Å². The molecule has 0 spiro atoms. The Hall–Kier alpha value is -1.89. The molecule has 2 atom stereocenters. The first-order valence-corrected chi connectivity index (χ1v) is 7.35. The molecule has 0 aromatic carbocycles. The van der Waals surface area contributed by atoms with Crippen LogP contribution in [0.5, 0.6) is 0 Å². The Bertz CT molecular complexity index is 527. The van der Waals surface area contributed by atoms with Crippen LogP contribution in [0.4, 0.5) is 4.79 Å². The SMILES string of the molecule is CC(NC(=O)NC1CC=CCC1)c1nc(C(=O)O)cs1. The second kappa shape index (κ2) is 6.51. The minimum Gasteiger partial charge on any atom is -0.476 e. The van der Waals surface area contributed by atoms with E-state index in [2.05, 4.69) is 27.8 Å². The maximum atomic E-state index is 11.8. The van der Waals surface area contributed by atoms with Crippen LogP contribution >= 0.6 is 11.3 Å². The quantitative estimate of drug-likeness (QED) is 0.743. The van der Waals surface area contributed by atoms with E-state index in [1.54, 1.807) is 6.92 Å². The molecule has 108 valence electrons. The summed E-state index contributed by atoms with van der Waals surface area (Å²) in [6.45, 7) is 1.78. The molecule has 1 aromatic heterocycles. The van der Waals surface area contributed by atoms with Gasteiger partial charge >= 0.3 is 12.0 Å². The molecule has 7 heteroatoms. The third kappa shape index (κ3) is 3.80. The van der Waals surface area contributed by atoms with Gasteiger partial charge in [-0.25, -0.2) is 14.6 Å². The van der Waals surface area contributed by atoms with Crippen molar-refractivity contribution in [2.45, 2.75) is 38.3 Å². The number of carbonyl (C=O) groups excluding carboxylic acids is 1. The molecule has 0 radical (unpaired) electrons.